The number of hydrogen-bond donors (Lipinski definition) is 0. The summed E-state index contributed by atoms with van der Waals surface area (Å²) in [4.78, 5) is 0. The molecule has 2 aromatic carbocycles. The van der Waals surface area contributed by atoms with Crippen LogP contribution in [-0.4, -0.2) is 0 Å². The van der Waals surface area contributed by atoms with Crippen LogP contribution < -0.4 is 0 Å². The van der Waals surface area contributed by atoms with Crippen molar-refractivity contribution < 1.29 is 0 Å². The zero-order valence-corrected chi connectivity index (χ0v) is 12.6. The molecule has 0 heterocycles. The van der Waals surface area contributed by atoms with Crippen LogP contribution in [0, 0.1) is 0 Å². The predicted octanol–water partition coefficient (Wildman–Crippen LogP) is 5.32. The Morgan fingerprint density at radius 3 is 2.17 bits per heavy atom. The third-order valence-corrected chi connectivity index (χ3v) is 4.20. The predicted molar refractivity (Wildman–Crippen MR) is 81.1 cm³/mol. The van der Waals surface area contributed by atoms with Crippen LogP contribution in [0.3, 0.4) is 0 Å². The summed E-state index contributed by atoms with van der Waals surface area (Å²) >= 11 is 3.56. The van der Waals surface area contributed by atoms with E-state index in [4.69, 9.17) is 0 Å². The standard InChI is InChI=1S/C17H17Br/c1-17(2,3)13-4-6-15-11(9-13)8-12-10-14(18)5-7-16(12)15/h4-7,9-10H,8H2,1-3H3. The molecule has 0 bridgehead atoms. The van der Waals surface area contributed by atoms with Crippen molar-refractivity contribution in [3.05, 3.63) is 57.6 Å². The molecule has 18 heavy (non-hydrogen) atoms. The van der Waals surface area contributed by atoms with Crippen LogP contribution >= 0.6 is 15.9 Å². The third kappa shape index (κ3) is 1.91. The molecule has 1 aliphatic rings. The lowest BCUT2D eigenvalue weighted by molar-refractivity contribution is 0.590. The average Bonchev–Trinajstić information content (AvgIpc) is 2.63. The van der Waals surface area contributed by atoms with Crippen LogP contribution in [0.5, 0.6) is 0 Å². The fourth-order valence-electron chi connectivity index (χ4n) is 2.65. The van der Waals surface area contributed by atoms with Gasteiger partial charge in [0, 0.05) is 4.47 Å². The summed E-state index contributed by atoms with van der Waals surface area (Å²) in [7, 11) is 0. The summed E-state index contributed by atoms with van der Waals surface area (Å²) in [5.74, 6) is 0. The minimum atomic E-state index is 0.227. The van der Waals surface area contributed by atoms with Gasteiger partial charge in [-0.25, -0.2) is 0 Å². The monoisotopic (exact) mass is 300 g/mol. The maximum atomic E-state index is 3.56. The summed E-state index contributed by atoms with van der Waals surface area (Å²) in [5, 5.41) is 0. The first-order valence-electron chi connectivity index (χ1n) is 6.37. The van der Waals surface area contributed by atoms with E-state index in [1.54, 1.807) is 0 Å². The van der Waals surface area contributed by atoms with Gasteiger partial charge in [-0.2, -0.15) is 0 Å². The van der Waals surface area contributed by atoms with Gasteiger partial charge in [0.15, 0.2) is 0 Å². The molecule has 0 aromatic heterocycles. The van der Waals surface area contributed by atoms with E-state index in [-0.39, 0.29) is 5.41 Å². The smallest absolute Gasteiger partial charge is 0.0178 e. The van der Waals surface area contributed by atoms with Crippen molar-refractivity contribution in [1.29, 1.82) is 0 Å². The van der Waals surface area contributed by atoms with Crippen molar-refractivity contribution in [1.82, 2.24) is 0 Å². The highest BCUT2D eigenvalue weighted by Crippen LogP contribution is 2.39. The Morgan fingerprint density at radius 2 is 1.50 bits per heavy atom. The normalized spacial score (nSPS) is 13.3. The molecule has 0 saturated carbocycles. The maximum absolute atomic E-state index is 3.56. The Balaban J connectivity index is 2.12. The van der Waals surface area contributed by atoms with Crippen molar-refractivity contribution in [2.45, 2.75) is 32.6 Å². The Hall–Kier alpha value is -1.08. The Kier molecular flexibility index (Phi) is 2.63. The van der Waals surface area contributed by atoms with E-state index in [1.807, 2.05) is 0 Å². The second-order valence-electron chi connectivity index (χ2n) is 6.10. The van der Waals surface area contributed by atoms with Gasteiger partial charge in [-0.15, -0.1) is 0 Å². The minimum Gasteiger partial charge on any atom is -0.0579 e. The highest BCUT2D eigenvalue weighted by atomic mass is 79.9. The molecule has 92 valence electrons. The van der Waals surface area contributed by atoms with E-state index in [0.717, 1.165) is 6.42 Å². The molecule has 0 fully saturated rings. The molecule has 0 spiro atoms. The van der Waals surface area contributed by atoms with E-state index in [1.165, 1.54) is 32.3 Å². The lowest BCUT2D eigenvalue weighted by Gasteiger charge is -2.20. The first-order chi connectivity index (χ1) is 8.45. The molecule has 0 aliphatic heterocycles. The molecule has 0 amide bonds. The summed E-state index contributed by atoms with van der Waals surface area (Å²) < 4.78 is 1.17. The zero-order chi connectivity index (χ0) is 12.9. The van der Waals surface area contributed by atoms with Crippen molar-refractivity contribution >= 4 is 15.9 Å². The minimum absolute atomic E-state index is 0.227. The van der Waals surface area contributed by atoms with Gasteiger partial charge >= 0.3 is 0 Å². The van der Waals surface area contributed by atoms with Crippen LogP contribution in [-0.2, 0) is 11.8 Å². The summed E-state index contributed by atoms with van der Waals surface area (Å²) in [5.41, 5.74) is 7.36. The van der Waals surface area contributed by atoms with Crippen molar-refractivity contribution in [2.75, 3.05) is 0 Å². The van der Waals surface area contributed by atoms with E-state index < -0.39 is 0 Å². The van der Waals surface area contributed by atoms with Gasteiger partial charge < -0.3 is 0 Å². The molecular formula is C17H17Br. The molecule has 0 unspecified atom stereocenters. The van der Waals surface area contributed by atoms with Gasteiger partial charge in [0.25, 0.3) is 0 Å². The van der Waals surface area contributed by atoms with E-state index in [9.17, 15) is 0 Å². The largest absolute Gasteiger partial charge is 0.0579 e. The first kappa shape index (κ1) is 12.0. The Morgan fingerprint density at radius 1 is 0.889 bits per heavy atom. The molecule has 0 N–H and O–H groups in total. The van der Waals surface area contributed by atoms with Crippen molar-refractivity contribution in [2.24, 2.45) is 0 Å². The number of rotatable bonds is 0. The van der Waals surface area contributed by atoms with Crippen LogP contribution in [0.1, 0.15) is 37.5 Å². The molecule has 0 saturated heterocycles. The fourth-order valence-corrected chi connectivity index (χ4v) is 3.05. The maximum Gasteiger partial charge on any atom is 0.0178 e. The number of halogens is 1. The summed E-state index contributed by atoms with van der Waals surface area (Å²) in [6.45, 7) is 6.81. The summed E-state index contributed by atoms with van der Waals surface area (Å²) in [6.07, 6.45) is 1.06. The van der Waals surface area contributed by atoms with Gasteiger partial charge in [-0.1, -0.05) is 61.0 Å². The molecule has 1 heteroatoms. The van der Waals surface area contributed by atoms with Gasteiger partial charge in [0.05, 0.1) is 0 Å². The van der Waals surface area contributed by atoms with Crippen molar-refractivity contribution in [3.63, 3.8) is 0 Å². The molecule has 2 aromatic rings. The Bertz CT molecular complexity index is 618. The molecule has 3 rings (SSSR count). The molecular weight excluding hydrogens is 284 g/mol. The van der Waals surface area contributed by atoms with Gasteiger partial charge in [-0.05, 0) is 51.8 Å². The molecule has 0 nitrogen and oxygen atoms in total. The molecule has 1 aliphatic carbocycles. The van der Waals surface area contributed by atoms with Crippen LogP contribution in [0.25, 0.3) is 11.1 Å². The SMILES string of the molecule is CC(C)(C)c1ccc2c(c1)Cc1cc(Br)ccc1-2. The second-order valence-corrected chi connectivity index (χ2v) is 7.02. The van der Waals surface area contributed by atoms with E-state index in [0.29, 0.717) is 0 Å². The van der Waals surface area contributed by atoms with Crippen molar-refractivity contribution in [3.8, 4) is 11.1 Å². The van der Waals surface area contributed by atoms with Gasteiger partial charge in [0.1, 0.15) is 0 Å². The number of fused-ring (bicyclic) bond motifs is 3. The van der Waals surface area contributed by atoms with Crippen LogP contribution in [0.15, 0.2) is 40.9 Å². The topological polar surface area (TPSA) is 0 Å². The van der Waals surface area contributed by atoms with Crippen LogP contribution in [0.2, 0.25) is 0 Å². The highest BCUT2D eigenvalue weighted by Gasteiger charge is 2.21. The lowest BCUT2D eigenvalue weighted by Crippen LogP contribution is -2.11. The van der Waals surface area contributed by atoms with E-state index in [2.05, 4.69) is 73.1 Å². The quantitative estimate of drug-likeness (QED) is 0.527. The number of hydrogen-bond acceptors (Lipinski definition) is 0. The molecule has 0 radical (unpaired) electrons. The Labute approximate surface area is 117 Å². The first-order valence-corrected chi connectivity index (χ1v) is 7.17. The lowest BCUT2D eigenvalue weighted by atomic mass is 9.85. The fraction of sp³-hybridized carbons (Fsp3) is 0.294. The number of benzene rings is 2. The van der Waals surface area contributed by atoms with E-state index >= 15 is 0 Å². The third-order valence-electron chi connectivity index (χ3n) is 3.71. The average molecular weight is 301 g/mol. The highest BCUT2D eigenvalue weighted by molar-refractivity contribution is 9.10. The second kappa shape index (κ2) is 3.96. The van der Waals surface area contributed by atoms with Gasteiger partial charge in [-0.3, -0.25) is 0 Å². The zero-order valence-electron chi connectivity index (χ0n) is 11.0. The molecule has 0 atom stereocenters. The van der Waals surface area contributed by atoms with Gasteiger partial charge in [0.2, 0.25) is 0 Å². The summed E-state index contributed by atoms with van der Waals surface area (Å²) in [6, 6.07) is 13.5. The van der Waals surface area contributed by atoms with Crippen LogP contribution in [0.4, 0.5) is 0 Å².